The standard InChI is InChI=1S/C13H26/c1-6-10-13(4,5)11-8-9-12(3)7-2/h6,10,12H,7-9,11H2,1-5H3. The topological polar surface area (TPSA) is 0 Å². The largest absolute Gasteiger partial charge is 0.0911 e. The van der Waals surface area contributed by atoms with E-state index in [1.807, 2.05) is 0 Å². The van der Waals surface area contributed by atoms with Gasteiger partial charge >= 0.3 is 0 Å². The Hall–Kier alpha value is -0.260. The first-order valence-corrected chi connectivity index (χ1v) is 5.65. The van der Waals surface area contributed by atoms with Crippen LogP contribution in [0.5, 0.6) is 0 Å². The van der Waals surface area contributed by atoms with Crippen LogP contribution in [-0.2, 0) is 0 Å². The quantitative estimate of drug-likeness (QED) is 0.517. The smallest absolute Gasteiger partial charge is 0.0175 e. The molecule has 0 rings (SSSR count). The highest BCUT2D eigenvalue weighted by Gasteiger charge is 2.12. The van der Waals surface area contributed by atoms with Gasteiger partial charge in [0, 0.05) is 0 Å². The first-order valence-electron chi connectivity index (χ1n) is 5.65. The fourth-order valence-electron chi connectivity index (χ4n) is 1.64. The maximum absolute atomic E-state index is 2.35. The van der Waals surface area contributed by atoms with Crippen molar-refractivity contribution in [2.75, 3.05) is 0 Å². The number of allylic oxidation sites excluding steroid dienone is 2. The summed E-state index contributed by atoms with van der Waals surface area (Å²) in [6.07, 6.45) is 9.89. The summed E-state index contributed by atoms with van der Waals surface area (Å²) in [5.74, 6) is 0.904. The van der Waals surface area contributed by atoms with Crippen molar-refractivity contribution in [3.05, 3.63) is 12.2 Å². The molecule has 0 heteroatoms. The number of rotatable bonds is 6. The molecule has 0 saturated carbocycles. The van der Waals surface area contributed by atoms with Gasteiger partial charge in [0.25, 0.3) is 0 Å². The molecule has 0 aromatic rings. The monoisotopic (exact) mass is 182 g/mol. The Balaban J connectivity index is 3.63. The molecule has 0 fully saturated rings. The van der Waals surface area contributed by atoms with E-state index < -0.39 is 0 Å². The normalized spacial score (nSPS) is 15.2. The van der Waals surface area contributed by atoms with Crippen molar-refractivity contribution in [3.63, 3.8) is 0 Å². The molecular weight excluding hydrogens is 156 g/mol. The van der Waals surface area contributed by atoms with Crippen molar-refractivity contribution in [2.45, 2.75) is 60.3 Å². The Morgan fingerprint density at radius 2 is 1.92 bits per heavy atom. The average molecular weight is 182 g/mol. The van der Waals surface area contributed by atoms with Gasteiger partial charge < -0.3 is 0 Å². The lowest BCUT2D eigenvalue weighted by molar-refractivity contribution is 0.382. The zero-order chi connectivity index (χ0) is 10.3. The minimum absolute atomic E-state index is 0.405. The first-order chi connectivity index (χ1) is 6.02. The molecule has 0 aromatic heterocycles. The van der Waals surface area contributed by atoms with Crippen LogP contribution in [0.2, 0.25) is 0 Å². The summed E-state index contributed by atoms with van der Waals surface area (Å²) in [5.41, 5.74) is 0.405. The summed E-state index contributed by atoms with van der Waals surface area (Å²) in [6.45, 7) is 11.4. The summed E-state index contributed by atoms with van der Waals surface area (Å²) >= 11 is 0. The highest BCUT2D eigenvalue weighted by molar-refractivity contribution is 4.92. The molecule has 1 unspecified atom stereocenters. The highest BCUT2D eigenvalue weighted by Crippen LogP contribution is 2.26. The molecule has 78 valence electrons. The Morgan fingerprint density at radius 3 is 2.38 bits per heavy atom. The van der Waals surface area contributed by atoms with Gasteiger partial charge in [0.15, 0.2) is 0 Å². The van der Waals surface area contributed by atoms with E-state index in [0.717, 1.165) is 5.92 Å². The fourth-order valence-corrected chi connectivity index (χ4v) is 1.64. The molecular formula is C13H26. The van der Waals surface area contributed by atoms with E-state index in [1.165, 1.54) is 25.7 Å². The van der Waals surface area contributed by atoms with Crippen LogP contribution in [-0.4, -0.2) is 0 Å². The van der Waals surface area contributed by atoms with E-state index in [4.69, 9.17) is 0 Å². The Labute approximate surface area is 84.4 Å². The minimum Gasteiger partial charge on any atom is -0.0911 e. The summed E-state index contributed by atoms with van der Waals surface area (Å²) in [4.78, 5) is 0. The highest BCUT2D eigenvalue weighted by atomic mass is 14.2. The maximum Gasteiger partial charge on any atom is -0.0175 e. The Bertz CT molecular complexity index is 142. The maximum atomic E-state index is 2.35. The number of hydrogen-bond acceptors (Lipinski definition) is 0. The van der Waals surface area contributed by atoms with Crippen molar-refractivity contribution in [3.8, 4) is 0 Å². The van der Waals surface area contributed by atoms with Crippen LogP contribution in [0.15, 0.2) is 12.2 Å². The second-order valence-electron chi connectivity index (χ2n) is 4.89. The zero-order valence-electron chi connectivity index (χ0n) is 10.1. The first kappa shape index (κ1) is 12.7. The third kappa shape index (κ3) is 6.86. The second-order valence-corrected chi connectivity index (χ2v) is 4.89. The van der Waals surface area contributed by atoms with Crippen LogP contribution < -0.4 is 0 Å². The van der Waals surface area contributed by atoms with Crippen molar-refractivity contribution in [1.82, 2.24) is 0 Å². The molecule has 0 bridgehead atoms. The second kappa shape index (κ2) is 6.23. The van der Waals surface area contributed by atoms with Gasteiger partial charge in [-0.05, 0) is 24.7 Å². The Kier molecular flexibility index (Phi) is 6.11. The van der Waals surface area contributed by atoms with Gasteiger partial charge in [-0.15, -0.1) is 0 Å². The van der Waals surface area contributed by atoms with Crippen LogP contribution in [0.25, 0.3) is 0 Å². The molecule has 0 aliphatic heterocycles. The average Bonchev–Trinajstić information content (AvgIpc) is 2.03. The van der Waals surface area contributed by atoms with E-state index in [2.05, 4.69) is 46.8 Å². The molecule has 0 spiro atoms. The van der Waals surface area contributed by atoms with E-state index in [1.54, 1.807) is 0 Å². The molecule has 0 aliphatic carbocycles. The molecule has 0 aromatic carbocycles. The lowest BCUT2D eigenvalue weighted by Gasteiger charge is -2.20. The minimum atomic E-state index is 0.405. The van der Waals surface area contributed by atoms with Crippen LogP contribution in [0.3, 0.4) is 0 Å². The zero-order valence-corrected chi connectivity index (χ0v) is 10.1. The van der Waals surface area contributed by atoms with Crippen LogP contribution in [0.1, 0.15) is 60.3 Å². The summed E-state index contributed by atoms with van der Waals surface area (Å²) in [7, 11) is 0. The summed E-state index contributed by atoms with van der Waals surface area (Å²) in [5, 5.41) is 0. The fraction of sp³-hybridized carbons (Fsp3) is 0.846. The predicted molar refractivity (Wildman–Crippen MR) is 61.9 cm³/mol. The molecule has 0 aliphatic rings. The van der Waals surface area contributed by atoms with E-state index >= 15 is 0 Å². The van der Waals surface area contributed by atoms with Crippen LogP contribution >= 0.6 is 0 Å². The third-order valence-electron chi connectivity index (χ3n) is 2.83. The van der Waals surface area contributed by atoms with Gasteiger partial charge in [-0.3, -0.25) is 0 Å². The lowest BCUT2D eigenvalue weighted by atomic mass is 9.85. The van der Waals surface area contributed by atoms with Gasteiger partial charge in [-0.25, -0.2) is 0 Å². The van der Waals surface area contributed by atoms with Crippen molar-refractivity contribution in [2.24, 2.45) is 11.3 Å². The van der Waals surface area contributed by atoms with Crippen molar-refractivity contribution >= 4 is 0 Å². The molecule has 0 nitrogen and oxygen atoms in total. The molecule has 13 heavy (non-hydrogen) atoms. The number of hydrogen-bond donors (Lipinski definition) is 0. The van der Waals surface area contributed by atoms with Gasteiger partial charge in [-0.1, -0.05) is 59.1 Å². The van der Waals surface area contributed by atoms with E-state index in [-0.39, 0.29) is 0 Å². The molecule has 0 radical (unpaired) electrons. The summed E-state index contributed by atoms with van der Waals surface area (Å²) < 4.78 is 0. The van der Waals surface area contributed by atoms with Gasteiger partial charge in [0.2, 0.25) is 0 Å². The van der Waals surface area contributed by atoms with Gasteiger partial charge in [0.1, 0.15) is 0 Å². The van der Waals surface area contributed by atoms with E-state index in [9.17, 15) is 0 Å². The summed E-state index contributed by atoms with van der Waals surface area (Å²) in [6, 6.07) is 0. The van der Waals surface area contributed by atoms with Crippen molar-refractivity contribution < 1.29 is 0 Å². The molecule has 0 amide bonds. The molecule has 0 heterocycles. The van der Waals surface area contributed by atoms with Crippen molar-refractivity contribution in [1.29, 1.82) is 0 Å². The van der Waals surface area contributed by atoms with Crippen LogP contribution in [0, 0.1) is 11.3 Å². The van der Waals surface area contributed by atoms with Gasteiger partial charge in [-0.2, -0.15) is 0 Å². The Morgan fingerprint density at radius 1 is 1.31 bits per heavy atom. The van der Waals surface area contributed by atoms with Crippen LogP contribution in [0.4, 0.5) is 0 Å². The molecule has 0 saturated heterocycles. The lowest BCUT2D eigenvalue weighted by Crippen LogP contribution is -2.07. The molecule has 0 N–H and O–H groups in total. The SMILES string of the molecule is CC=CC(C)(C)CCCC(C)CC. The third-order valence-corrected chi connectivity index (χ3v) is 2.83. The predicted octanol–water partition coefficient (Wildman–Crippen LogP) is 4.81. The van der Waals surface area contributed by atoms with E-state index in [0.29, 0.717) is 5.41 Å². The van der Waals surface area contributed by atoms with Gasteiger partial charge in [0.05, 0.1) is 0 Å². The molecule has 1 atom stereocenters.